The molecule has 0 fully saturated rings. The number of nitrogens with zero attached hydrogens (tertiary/aromatic N) is 4. The van der Waals surface area contributed by atoms with E-state index in [2.05, 4.69) is 17.0 Å². The number of rotatable bonds is 1. The zero-order chi connectivity index (χ0) is 21.5. The van der Waals surface area contributed by atoms with E-state index in [-0.39, 0.29) is 19.5 Å². The van der Waals surface area contributed by atoms with Gasteiger partial charge in [-0.15, -0.1) is 6.42 Å². The van der Waals surface area contributed by atoms with Crippen molar-refractivity contribution >= 4 is 28.4 Å². The number of allylic oxidation sites excluding steroid dienone is 12. The second-order valence-electron chi connectivity index (χ2n) is 7.63. The van der Waals surface area contributed by atoms with Crippen LogP contribution in [0.1, 0.15) is 11.1 Å². The van der Waals surface area contributed by atoms with Gasteiger partial charge in [-0.1, -0.05) is 24.1 Å². The van der Waals surface area contributed by atoms with E-state index in [1.165, 1.54) is 0 Å². The molecule has 5 aliphatic heterocycles. The van der Waals surface area contributed by atoms with Gasteiger partial charge in [-0.3, -0.25) is 0 Å². The van der Waals surface area contributed by atoms with Gasteiger partial charge in [0.2, 0.25) is 0 Å². The fraction of sp³-hybridized carbons (Fsp3) is 0. The average Bonchev–Trinajstić information content (AvgIpc) is 3.59. The SMILES string of the molecule is C#Cc1ccccc1C1=CC2=CC3=NC(=CC4=NC(=CC5=NC(=CC1=N2)C=C5)C=C4)C=C3.[Zn]. The van der Waals surface area contributed by atoms with Gasteiger partial charge in [-0.05, 0) is 78.5 Å². The summed E-state index contributed by atoms with van der Waals surface area (Å²) in [7, 11) is 0. The molecule has 33 heavy (non-hydrogen) atoms. The third-order valence-electron chi connectivity index (χ3n) is 5.41. The van der Waals surface area contributed by atoms with Crippen LogP contribution >= 0.6 is 0 Å². The molecule has 0 aromatic heterocycles. The molecule has 1 aromatic carbocycles. The van der Waals surface area contributed by atoms with Crippen LogP contribution in [0, 0.1) is 12.3 Å². The first-order valence-electron chi connectivity index (χ1n) is 10.3. The summed E-state index contributed by atoms with van der Waals surface area (Å²) in [6, 6.07) is 7.91. The Bertz CT molecular complexity index is 1500. The third kappa shape index (κ3) is 4.09. The molecule has 0 amide bonds. The smallest absolute Gasteiger partial charge is 0.0738 e. The number of hydrogen-bond acceptors (Lipinski definition) is 4. The summed E-state index contributed by atoms with van der Waals surface area (Å²) in [6.45, 7) is 0. The van der Waals surface area contributed by atoms with Crippen molar-refractivity contribution < 1.29 is 19.5 Å². The Hall–Kier alpha value is -4.00. The summed E-state index contributed by atoms with van der Waals surface area (Å²) in [5, 5.41) is 0. The molecule has 0 saturated carbocycles. The largest absolute Gasteiger partial charge is 0.249 e. The van der Waals surface area contributed by atoms with Gasteiger partial charge in [0.15, 0.2) is 0 Å². The molecule has 0 spiro atoms. The fourth-order valence-electron chi connectivity index (χ4n) is 3.96. The van der Waals surface area contributed by atoms with Gasteiger partial charge in [-0.2, -0.15) is 0 Å². The van der Waals surface area contributed by atoms with Gasteiger partial charge < -0.3 is 0 Å². The van der Waals surface area contributed by atoms with E-state index in [1.54, 1.807) is 0 Å². The van der Waals surface area contributed by atoms with Crippen LogP contribution < -0.4 is 0 Å². The van der Waals surface area contributed by atoms with Crippen molar-refractivity contribution in [1.82, 2.24) is 0 Å². The van der Waals surface area contributed by atoms with Crippen LogP contribution in [-0.2, 0) is 19.5 Å². The maximum atomic E-state index is 5.77. The molecule has 0 aliphatic carbocycles. The minimum Gasteiger partial charge on any atom is -0.249 e. The molecular formula is C28H16N4Zn. The molecule has 5 heterocycles. The van der Waals surface area contributed by atoms with Gasteiger partial charge in [0.05, 0.1) is 45.6 Å². The van der Waals surface area contributed by atoms with Gasteiger partial charge in [0.25, 0.3) is 0 Å². The Balaban J connectivity index is 0.00000228. The van der Waals surface area contributed by atoms with Crippen molar-refractivity contribution in [2.45, 2.75) is 0 Å². The Kier molecular flexibility index (Phi) is 5.38. The summed E-state index contributed by atoms with van der Waals surface area (Å²) in [5.41, 5.74) is 9.55. The minimum atomic E-state index is 0. The molecule has 0 unspecified atom stereocenters. The zero-order valence-electron chi connectivity index (χ0n) is 17.7. The Morgan fingerprint density at radius 1 is 0.576 bits per heavy atom. The number of fused-ring (bicyclic) bond motifs is 4. The van der Waals surface area contributed by atoms with Crippen LogP contribution in [0.2, 0.25) is 0 Å². The topological polar surface area (TPSA) is 49.4 Å². The molecule has 6 rings (SSSR count). The van der Waals surface area contributed by atoms with E-state index >= 15 is 0 Å². The summed E-state index contributed by atoms with van der Waals surface area (Å²) < 4.78 is 0. The Labute approximate surface area is 204 Å². The van der Waals surface area contributed by atoms with Crippen molar-refractivity contribution in [3.05, 3.63) is 125 Å². The van der Waals surface area contributed by atoms with Crippen LogP contribution in [0.25, 0.3) is 5.57 Å². The molecule has 0 N–H and O–H groups in total. The molecule has 8 bridgehead atoms. The fourth-order valence-corrected chi connectivity index (χ4v) is 3.96. The van der Waals surface area contributed by atoms with E-state index in [4.69, 9.17) is 21.4 Å². The van der Waals surface area contributed by atoms with Crippen molar-refractivity contribution in [3.63, 3.8) is 0 Å². The molecule has 150 valence electrons. The van der Waals surface area contributed by atoms with Crippen LogP contribution in [0.4, 0.5) is 0 Å². The molecule has 0 atom stereocenters. The van der Waals surface area contributed by atoms with E-state index in [0.717, 1.165) is 62.3 Å². The van der Waals surface area contributed by atoms with Crippen LogP contribution in [-0.4, -0.2) is 22.8 Å². The van der Waals surface area contributed by atoms with E-state index in [1.807, 2.05) is 85.0 Å². The predicted octanol–water partition coefficient (Wildman–Crippen LogP) is 5.09. The molecule has 5 heteroatoms. The first-order valence-corrected chi connectivity index (χ1v) is 10.3. The van der Waals surface area contributed by atoms with Crippen molar-refractivity contribution in [2.24, 2.45) is 20.0 Å². The molecule has 0 saturated heterocycles. The quantitative estimate of drug-likeness (QED) is 0.403. The van der Waals surface area contributed by atoms with Crippen molar-refractivity contribution in [2.75, 3.05) is 0 Å². The normalized spacial score (nSPS) is 19.3. The summed E-state index contributed by atoms with van der Waals surface area (Å²) in [4.78, 5) is 19.0. The maximum Gasteiger partial charge on any atom is 0.0738 e. The summed E-state index contributed by atoms with van der Waals surface area (Å²) in [6.07, 6.45) is 27.6. The van der Waals surface area contributed by atoms with Gasteiger partial charge in [0, 0.05) is 30.6 Å². The monoisotopic (exact) mass is 472 g/mol. The molecular weight excluding hydrogens is 458 g/mol. The van der Waals surface area contributed by atoms with E-state index < -0.39 is 0 Å². The van der Waals surface area contributed by atoms with Gasteiger partial charge >= 0.3 is 0 Å². The first-order chi connectivity index (χ1) is 15.7. The Morgan fingerprint density at radius 2 is 1.12 bits per heavy atom. The number of benzene rings is 1. The second kappa shape index (κ2) is 8.50. The molecule has 5 aliphatic rings. The van der Waals surface area contributed by atoms with Crippen molar-refractivity contribution in [3.8, 4) is 12.3 Å². The third-order valence-corrected chi connectivity index (χ3v) is 5.41. The van der Waals surface area contributed by atoms with Gasteiger partial charge in [-0.25, -0.2) is 20.0 Å². The van der Waals surface area contributed by atoms with E-state index in [9.17, 15) is 0 Å². The van der Waals surface area contributed by atoms with Crippen LogP contribution in [0.3, 0.4) is 0 Å². The Morgan fingerprint density at radius 3 is 1.73 bits per heavy atom. The standard InChI is InChI=1S/C28H16N4.Zn/c1-2-18-5-3-4-6-26(18)27-16-25-15-23-10-9-21(30-23)13-19-7-8-20(29-19)14-22-11-12-24(31-22)17-28(27)32-25;/h1,3-17H;. The average molecular weight is 474 g/mol. The maximum absolute atomic E-state index is 5.77. The number of aliphatic imine (C=N–C) groups is 4. The number of hydrogen-bond donors (Lipinski definition) is 0. The molecule has 0 radical (unpaired) electrons. The minimum absolute atomic E-state index is 0. The van der Waals surface area contributed by atoms with Gasteiger partial charge in [0.1, 0.15) is 0 Å². The zero-order valence-corrected chi connectivity index (χ0v) is 20.7. The number of terminal acetylenes is 1. The second-order valence-corrected chi connectivity index (χ2v) is 7.63. The van der Waals surface area contributed by atoms with Crippen LogP contribution in [0.15, 0.2) is 134 Å². The van der Waals surface area contributed by atoms with Crippen LogP contribution in [0.5, 0.6) is 0 Å². The van der Waals surface area contributed by atoms with Crippen molar-refractivity contribution in [1.29, 1.82) is 0 Å². The molecule has 1 aromatic rings. The summed E-state index contributed by atoms with van der Waals surface area (Å²) >= 11 is 0. The molecule has 4 nitrogen and oxygen atoms in total. The first kappa shape index (κ1) is 20.9. The summed E-state index contributed by atoms with van der Waals surface area (Å²) in [5.74, 6) is 2.79. The predicted molar refractivity (Wildman–Crippen MR) is 132 cm³/mol. The van der Waals surface area contributed by atoms with E-state index in [0.29, 0.717) is 0 Å².